The van der Waals surface area contributed by atoms with Crippen LogP contribution >= 0.6 is 0 Å². The molecule has 1 N–H and O–H groups in total. The predicted molar refractivity (Wildman–Crippen MR) is 108 cm³/mol. The number of hydrogen-bond acceptors (Lipinski definition) is 4. The van der Waals surface area contributed by atoms with Crippen molar-refractivity contribution in [2.24, 2.45) is 0 Å². The quantitative estimate of drug-likeness (QED) is 0.694. The highest BCUT2D eigenvalue weighted by atomic mass is 32.2. The van der Waals surface area contributed by atoms with Crippen molar-refractivity contribution in [3.05, 3.63) is 48.2 Å². The van der Waals surface area contributed by atoms with Crippen LogP contribution in [0.5, 0.6) is 0 Å². The van der Waals surface area contributed by atoms with Gasteiger partial charge in [0.25, 0.3) is 10.0 Å². The molecular weight excluding hydrogens is 346 g/mol. The van der Waals surface area contributed by atoms with Gasteiger partial charge >= 0.3 is 0 Å². The molecule has 0 spiro atoms. The maximum Gasteiger partial charge on any atom is 0.261 e. The molecule has 142 valence electrons. The Hall–Kier alpha value is -2.08. The summed E-state index contributed by atoms with van der Waals surface area (Å²) in [5.41, 5.74) is 1.58. The van der Waals surface area contributed by atoms with E-state index < -0.39 is 10.0 Å². The van der Waals surface area contributed by atoms with E-state index >= 15 is 0 Å². The normalized spacial score (nSPS) is 11.6. The minimum atomic E-state index is -3.61. The Labute approximate surface area is 157 Å². The molecule has 0 fully saturated rings. The molecule has 1 aromatic carbocycles. The molecule has 0 aliphatic rings. The van der Waals surface area contributed by atoms with E-state index in [1.54, 1.807) is 24.4 Å². The van der Waals surface area contributed by atoms with Crippen molar-refractivity contribution >= 4 is 21.5 Å². The van der Waals surface area contributed by atoms with Crippen LogP contribution in [0.4, 0.5) is 11.5 Å². The molecule has 0 saturated carbocycles. The zero-order valence-electron chi connectivity index (χ0n) is 16.1. The Morgan fingerprint density at radius 3 is 2.08 bits per heavy atom. The van der Waals surface area contributed by atoms with E-state index in [0.717, 1.165) is 37.3 Å². The second-order valence-corrected chi connectivity index (χ2v) is 8.40. The average Bonchev–Trinajstić information content (AvgIpc) is 2.62. The fraction of sp³-hybridized carbons (Fsp3) is 0.450. The first-order chi connectivity index (χ1) is 12.4. The molecule has 2 aromatic rings. The summed E-state index contributed by atoms with van der Waals surface area (Å²) in [6.07, 6.45) is 3.67. The molecule has 1 heterocycles. The molecule has 0 bridgehead atoms. The third-order valence-corrected chi connectivity index (χ3v) is 5.57. The van der Waals surface area contributed by atoms with Gasteiger partial charge in [0, 0.05) is 13.1 Å². The van der Waals surface area contributed by atoms with E-state index in [1.165, 1.54) is 0 Å². The third kappa shape index (κ3) is 5.21. The maximum atomic E-state index is 12.6. The van der Waals surface area contributed by atoms with Gasteiger partial charge in [-0.25, -0.2) is 13.4 Å². The lowest BCUT2D eigenvalue weighted by molar-refractivity contribution is 0.601. The van der Waals surface area contributed by atoms with Crippen LogP contribution in [0.15, 0.2) is 47.5 Å². The lowest BCUT2D eigenvalue weighted by atomic mass is 10.0. The van der Waals surface area contributed by atoms with E-state index in [-0.39, 0.29) is 4.90 Å². The molecule has 5 nitrogen and oxygen atoms in total. The fourth-order valence-electron chi connectivity index (χ4n) is 2.76. The fourth-order valence-corrected chi connectivity index (χ4v) is 3.80. The maximum absolute atomic E-state index is 12.6. The molecule has 6 heteroatoms. The van der Waals surface area contributed by atoms with Crippen LogP contribution in [0.3, 0.4) is 0 Å². The van der Waals surface area contributed by atoms with E-state index in [4.69, 9.17) is 0 Å². The van der Waals surface area contributed by atoms with E-state index in [9.17, 15) is 8.42 Å². The highest BCUT2D eigenvalue weighted by Gasteiger charge is 2.15. The highest BCUT2D eigenvalue weighted by Crippen LogP contribution is 2.21. The summed E-state index contributed by atoms with van der Waals surface area (Å²) in [7, 11) is -3.61. The van der Waals surface area contributed by atoms with Gasteiger partial charge in [0.1, 0.15) is 5.82 Å². The van der Waals surface area contributed by atoms with Gasteiger partial charge < -0.3 is 4.90 Å². The first-order valence-corrected chi connectivity index (χ1v) is 10.7. The van der Waals surface area contributed by atoms with Crippen LogP contribution in [0, 0.1) is 0 Å². The Bertz CT molecular complexity index is 779. The number of sulfonamides is 1. The number of pyridine rings is 1. The third-order valence-electron chi connectivity index (χ3n) is 4.17. The molecule has 0 saturated heterocycles. The van der Waals surface area contributed by atoms with Gasteiger partial charge in [0.2, 0.25) is 0 Å². The molecular formula is C20H29N3O2S. The van der Waals surface area contributed by atoms with Gasteiger partial charge in [-0.15, -0.1) is 0 Å². The molecule has 0 unspecified atom stereocenters. The van der Waals surface area contributed by atoms with Crippen molar-refractivity contribution in [3.8, 4) is 0 Å². The second kappa shape index (κ2) is 9.03. The second-order valence-electron chi connectivity index (χ2n) is 6.72. The van der Waals surface area contributed by atoms with E-state index in [2.05, 4.69) is 42.3 Å². The van der Waals surface area contributed by atoms with Crippen molar-refractivity contribution < 1.29 is 8.42 Å². The SMILES string of the molecule is CCCN(CCC)c1ccc(NS(=O)(=O)c2ccc(C(C)C)cc2)cn1. The Balaban J connectivity index is 2.14. The van der Waals surface area contributed by atoms with Crippen LogP contribution in [-0.2, 0) is 10.0 Å². The van der Waals surface area contributed by atoms with Crippen LogP contribution in [0.25, 0.3) is 0 Å². The monoisotopic (exact) mass is 375 g/mol. The largest absolute Gasteiger partial charge is 0.357 e. The average molecular weight is 376 g/mol. The van der Waals surface area contributed by atoms with Crippen molar-refractivity contribution in [1.29, 1.82) is 0 Å². The first-order valence-electron chi connectivity index (χ1n) is 9.21. The van der Waals surface area contributed by atoms with Crippen molar-refractivity contribution in [1.82, 2.24) is 4.98 Å². The smallest absolute Gasteiger partial charge is 0.261 e. The van der Waals surface area contributed by atoms with E-state index in [0.29, 0.717) is 11.6 Å². The summed E-state index contributed by atoms with van der Waals surface area (Å²) in [6.45, 7) is 10.3. The number of benzene rings is 1. The highest BCUT2D eigenvalue weighted by molar-refractivity contribution is 7.92. The van der Waals surface area contributed by atoms with Gasteiger partial charge in [-0.2, -0.15) is 0 Å². The predicted octanol–water partition coefficient (Wildman–Crippen LogP) is 4.63. The van der Waals surface area contributed by atoms with Gasteiger partial charge in [-0.05, 0) is 48.6 Å². The van der Waals surface area contributed by atoms with Crippen molar-refractivity contribution in [2.75, 3.05) is 22.7 Å². The number of nitrogens with one attached hydrogen (secondary N) is 1. The minimum absolute atomic E-state index is 0.254. The Morgan fingerprint density at radius 1 is 1.00 bits per heavy atom. The standard InChI is InChI=1S/C20H29N3O2S/c1-5-13-23(14-6-2)20-12-9-18(15-21-20)22-26(24,25)19-10-7-17(8-11-19)16(3)4/h7-12,15-16,22H,5-6,13-14H2,1-4H3. The van der Waals surface area contributed by atoms with Crippen LogP contribution in [0.1, 0.15) is 52.0 Å². The number of aromatic nitrogens is 1. The lowest BCUT2D eigenvalue weighted by Crippen LogP contribution is -2.25. The van der Waals surface area contributed by atoms with Gasteiger partial charge in [-0.1, -0.05) is 39.8 Å². The molecule has 0 aliphatic carbocycles. The van der Waals surface area contributed by atoms with E-state index in [1.807, 2.05) is 18.2 Å². The van der Waals surface area contributed by atoms with Crippen LogP contribution < -0.4 is 9.62 Å². The zero-order chi connectivity index (χ0) is 19.2. The molecule has 0 atom stereocenters. The summed E-state index contributed by atoms with van der Waals surface area (Å²) in [5.74, 6) is 1.24. The molecule has 0 amide bonds. The summed E-state index contributed by atoms with van der Waals surface area (Å²) < 4.78 is 27.7. The molecule has 1 aromatic heterocycles. The number of nitrogens with zero attached hydrogens (tertiary/aromatic N) is 2. The number of rotatable bonds is 9. The molecule has 0 radical (unpaired) electrons. The van der Waals surface area contributed by atoms with Crippen molar-refractivity contribution in [2.45, 2.75) is 51.3 Å². The van der Waals surface area contributed by atoms with Gasteiger partial charge in [-0.3, -0.25) is 4.72 Å². The summed E-state index contributed by atoms with van der Waals surface area (Å²) in [5, 5.41) is 0. The topological polar surface area (TPSA) is 62.3 Å². The summed E-state index contributed by atoms with van der Waals surface area (Å²) >= 11 is 0. The van der Waals surface area contributed by atoms with Gasteiger partial charge in [0.05, 0.1) is 16.8 Å². The molecule has 26 heavy (non-hydrogen) atoms. The minimum Gasteiger partial charge on any atom is -0.357 e. The Kier molecular flexibility index (Phi) is 7.03. The summed E-state index contributed by atoms with van der Waals surface area (Å²) in [4.78, 5) is 6.90. The van der Waals surface area contributed by atoms with Gasteiger partial charge in [0.15, 0.2) is 0 Å². The lowest BCUT2D eigenvalue weighted by Gasteiger charge is -2.22. The van der Waals surface area contributed by atoms with Crippen LogP contribution in [0.2, 0.25) is 0 Å². The number of hydrogen-bond donors (Lipinski definition) is 1. The summed E-state index contributed by atoms with van der Waals surface area (Å²) in [6, 6.07) is 10.6. The Morgan fingerprint density at radius 2 is 1.62 bits per heavy atom. The van der Waals surface area contributed by atoms with Crippen molar-refractivity contribution in [3.63, 3.8) is 0 Å². The molecule has 2 rings (SSSR count). The zero-order valence-corrected chi connectivity index (χ0v) is 16.9. The number of anilines is 2. The van der Waals surface area contributed by atoms with Crippen LogP contribution in [-0.4, -0.2) is 26.5 Å². The first kappa shape index (κ1) is 20.2. The molecule has 0 aliphatic heterocycles.